The van der Waals surface area contributed by atoms with Crippen LogP contribution in [0.2, 0.25) is 0 Å². The average Bonchev–Trinajstić information content (AvgIpc) is 2.79. The molecular weight excluding hydrogens is 530 g/mol. The minimum atomic E-state index is -1.85. The van der Waals surface area contributed by atoms with Crippen LogP contribution in [0.25, 0.3) is 0 Å². The molecule has 0 spiro atoms. The van der Waals surface area contributed by atoms with Gasteiger partial charge >= 0.3 is 5.97 Å². The minimum absolute atomic E-state index is 0.0249. The highest BCUT2D eigenvalue weighted by Crippen LogP contribution is 2.57. The lowest BCUT2D eigenvalue weighted by molar-refractivity contribution is -0.774. The first-order valence-corrected chi connectivity index (χ1v) is 13.2. The van der Waals surface area contributed by atoms with E-state index in [1.165, 1.54) is 0 Å². The lowest BCUT2D eigenvalue weighted by Crippen LogP contribution is -2.64. The third-order valence-corrected chi connectivity index (χ3v) is 9.58. The third-order valence-electron chi connectivity index (χ3n) is 8.08. The number of allylic oxidation sites excluding steroid dienone is 5. The van der Waals surface area contributed by atoms with Crippen LogP contribution >= 0.6 is 36.9 Å². The molecule has 12 atom stereocenters. The lowest BCUT2D eigenvalue weighted by Gasteiger charge is -2.56. The van der Waals surface area contributed by atoms with Crippen LogP contribution < -0.4 is 0 Å². The van der Waals surface area contributed by atoms with Crippen LogP contribution in [0.4, 0.5) is 0 Å². The van der Waals surface area contributed by atoms with E-state index >= 15 is 0 Å². The van der Waals surface area contributed by atoms with Crippen molar-refractivity contribution in [3.8, 4) is 0 Å². The van der Waals surface area contributed by atoms with Gasteiger partial charge in [-0.3, -0.25) is 9.59 Å². The number of thiol groups is 2. The number of ether oxygens (including phenoxy) is 1. The van der Waals surface area contributed by atoms with Crippen LogP contribution in [0.15, 0.2) is 36.5 Å². The molecule has 0 amide bonds. The van der Waals surface area contributed by atoms with E-state index in [0.29, 0.717) is 0 Å². The number of nitrogens with zero attached hydrogens (tertiary/aromatic N) is 1. The van der Waals surface area contributed by atoms with Gasteiger partial charge in [-0.1, -0.05) is 37.3 Å². The van der Waals surface area contributed by atoms with Crippen molar-refractivity contribution in [1.82, 2.24) is 0 Å². The fourth-order valence-electron chi connectivity index (χ4n) is 6.50. The van der Waals surface area contributed by atoms with Crippen molar-refractivity contribution in [2.45, 2.75) is 60.1 Å². The van der Waals surface area contributed by atoms with Gasteiger partial charge in [0.1, 0.15) is 33.4 Å². The van der Waals surface area contributed by atoms with E-state index in [-0.39, 0.29) is 30.6 Å². The third kappa shape index (κ3) is 4.73. The van der Waals surface area contributed by atoms with Crippen molar-refractivity contribution in [2.24, 2.45) is 35.5 Å². The second-order valence-corrected chi connectivity index (χ2v) is 12.3. The highest BCUT2D eigenvalue weighted by atomic mass is 35.5. The monoisotopic (exact) mass is 559 g/mol. The lowest BCUT2D eigenvalue weighted by atomic mass is 9.52. The molecule has 1 heterocycles. The number of aliphatic hydroxyl groups is 2. The van der Waals surface area contributed by atoms with Crippen LogP contribution in [0.3, 0.4) is 0 Å². The van der Waals surface area contributed by atoms with Crippen molar-refractivity contribution >= 4 is 48.6 Å². The minimum Gasteiger partial charge on any atom is -0.458 e. The van der Waals surface area contributed by atoms with E-state index in [1.54, 1.807) is 32.1 Å². The summed E-state index contributed by atoms with van der Waals surface area (Å²) >= 11 is 15.5. The maximum absolute atomic E-state index is 14.1. The van der Waals surface area contributed by atoms with Gasteiger partial charge in [-0.2, -0.15) is 12.6 Å². The SMILES string of the molecule is C[C@H]1[C@H]2[C@@H]3C(=O)C4(Cl)C[C@H](/C=C\C=C\[C@H](C)OC(=O)[C@@H](S)C4O)[C@@H]3C=C[C@@H]2C[C@](O)(S)[C@@H]1O[N+](=O)[O-]. The molecule has 4 rings (SSSR count). The van der Waals surface area contributed by atoms with E-state index in [9.17, 15) is 29.9 Å². The number of hydrogen-bond donors (Lipinski definition) is 4. The zero-order chi connectivity index (χ0) is 26.6. The predicted molar refractivity (Wildman–Crippen MR) is 137 cm³/mol. The fraction of sp³-hybridized carbons (Fsp3) is 0.667. The molecule has 0 aromatic heterocycles. The van der Waals surface area contributed by atoms with E-state index < -0.39 is 68.0 Å². The average molecular weight is 560 g/mol. The summed E-state index contributed by atoms with van der Waals surface area (Å²) < 4.78 is 5.31. The van der Waals surface area contributed by atoms with Gasteiger partial charge < -0.3 is 19.8 Å². The van der Waals surface area contributed by atoms with Gasteiger partial charge in [0.25, 0.3) is 5.09 Å². The zero-order valence-electron chi connectivity index (χ0n) is 19.7. The molecule has 2 saturated carbocycles. The first kappa shape index (κ1) is 27.5. The second kappa shape index (κ2) is 9.98. The number of hydrogen-bond acceptors (Lipinski definition) is 10. The summed E-state index contributed by atoms with van der Waals surface area (Å²) in [6.07, 6.45) is 7.56. The topological polar surface area (TPSA) is 136 Å². The Hall–Kier alpha value is -1.53. The molecule has 0 radical (unpaired) electrons. The summed E-state index contributed by atoms with van der Waals surface area (Å²) in [4.78, 5) is 39.2. The van der Waals surface area contributed by atoms with E-state index in [1.807, 2.05) is 18.2 Å². The molecule has 1 aliphatic heterocycles. The Morgan fingerprint density at radius 3 is 2.50 bits per heavy atom. The fourth-order valence-corrected chi connectivity index (χ4v) is 7.83. The number of ketones is 1. The van der Waals surface area contributed by atoms with Crippen LogP contribution in [-0.2, 0) is 19.2 Å². The van der Waals surface area contributed by atoms with Crippen LogP contribution in [0.1, 0.15) is 26.7 Å². The zero-order valence-corrected chi connectivity index (χ0v) is 22.3. The summed E-state index contributed by atoms with van der Waals surface area (Å²) in [7, 11) is 0. The number of carbonyl (C=O) groups excluding carboxylic acids is 2. The molecular formula is C24H30ClNO8S2. The number of aliphatic hydroxyl groups excluding tert-OH is 1. The van der Waals surface area contributed by atoms with Crippen LogP contribution in [-0.4, -0.2) is 60.4 Å². The first-order chi connectivity index (χ1) is 16.8. The number of alkyl halides is 1. The summed E-state index contributed by atoms with van der Waals surface area (Å²) in [5.41, 5.74) is 0. The van der Waals surface area contributed by atoms with E-state index in [2.05, 4.69) is 25.3 Å². The van der Waals surface area contributed by atoms with Crippen molar-refractivity contribution < 1.29 is 34.5 Å². The van der Waals surface area contributed by atoms with Crippen molar-refractivity contribution in [1.29, 1.82) is 0 Å². The van der Waals surface area contributed by atoms with Crippen molar-refractivity contribution in [2.75, 3.05) is 0 Å². The number of halogens is 1. The highest BCUT2D eigenvalue weighted by molar-refractivity contribution is 7.82. The standard InChI is InChI=1S/C24H30ClNO8S2/c1-11-5-3-4-6-13-9-23(25,20(28)18(35)22(29)33-11)19(27)17-15(13)8-7-14-10-24(30,36)21(34-26(31)32)12(2)16(14)17/h3-8,11-18,20-21,28,30,35-36H,9-10H2,1-2H3/b5-3+,6-4-/t11-,12-,13-,14+,15-,16+,17+,18-,20?,21+,23?,24-/m0/s1. The Morgan fingerprint density at radius 2 is 1.83 bits per heavy atom. The molecule has 2 bridgehead atoms. The molecule has 12 heteroatoms. The molecule has 0 aromatic carbocycles. The van der Waals surface area contributed by atoms with Crippen LogP contribution in [0, 0.1) is 45.6 Å². The molecule has 36 heavy (non-hydrogen) atoms. The summed E-state index contributed by atoms with van der Waals surface area (Å²) in [6.45, 7) is 3.35. The quantitative estimate of drug-likeness (QED) is 0.0771. The molecule has 2 unspecified atom stereocenters. The predicted octanol–water partition coefficient (Wildman–Crippen LogP) is 2.54. The number of carbonyl (C=O) groups is 2. The number of cyclic esters (lactones) is 1. The Kier molecular flexibility index (Phi) is 7.62. The van der Waals surface area contributed by atoms with Crippen molar-refractivity contribution in [3.05, 3.63) is 46.6 Å². The van der Waals surface area contributed by atoms with Gasteiger partial charge in [0.15, 0.2) is 5.78 Å². The smallest absolute Gasteiger partial charge is 0.322 e. The van der Waals surface area contributed by atoms with E-state index in [4.69, 9.17) is 21.2 Å². The first-order valence-electron chi connectivity index (χ1n) is 11.9. The molecule has 3 aliphatic carbocycles. The molecule has 4 aliphatic rings. The molecule has 2 N–H and O–H groups in total. The number of rotatable bonds is 2. The molecule has 0 saturated heterocycles. The normalized spacial score (nSPS) is 50.4. The largest absolute Gasteiger partial charge is 0.458 e. The van der Waals surface area contributed by atoms with Gasteiger partial charge in [0.05, 0.1) is 0 Å². The van der Waals surface area contributed by atoms with E-state index in [0.717, 1.165) is 0 Å². The molecule has 9 nitrogen and oxygen atoms in total. The Labute approximate surface area is 224 Å². The summed E-state index contributed by atoms with van der Waals surface area (Å²) in [6, 6.07) is 0. The molecule has 198 valence electrons. The molecule has 2 fully saturated rings. The maximum Gasteiger partial charge on any atom is 0.322 e. The summed E-state index contributed by atoms with van der Waals surface area (Å²) in [5, 5.41) is 31.0. The Balaban J connectivity index is 1.81. The van der Waals surface area contributed by atoms with Gasteiger partial charge in [-0.15, -0.1) is 34.3 Å². The number of Topliss-reactive ketones (excluding diaryl/α,β-unsaturated/α-hetero) is 1. The number of esters is 1. The Morgan fingerprint density at radius 1 is 1.17 bits per heavy atom. The van der Waals surface area contributed by atoms with Gasteiger partial charge in [0, 0.05) is 5.92 Å². The number of fused-ring (bicyclic) bond motifs is 6. The second-order valence-electron chi connectivity index (χ2n) is 10.3. The van der Waals surface area contributed by atoms with Crippen LogP contribution in [0.5, 0.6) is 0 Å². The highest BCUT2D eigenvalue weighted by Gasteiger charge is 2.63. The van der Waals surface area contributed by atoms with Gasteiger partial charge in [-0.25, -0.2) is 0 Å². The summed E-state index contributed by atoms with van der Waals surface area (Å²) in [5.74, 6) is -4.09. The van der Waals surface area contributed by atoms with Gasteiger partial charge in [-0.05, 0) is 55.4 Å². The Bertz CT molecular complexity index is 1020. The van der Waals surface area contributed by atoms with Gasteiger partial charge in [0.2, 0.25) is 0 Å². The van der Waals surface area contributed by atoms with Crippen molar-refractivity contribution in [3.63, 3.8) is 0 Å². The maximum atomic E-state index is 14.1. The molecule has 0 aromatic rings.